The number of aromatic nitrogens is 2. The SMILES string of the molecule is Cc1c(Nc2c(C#N)cncc2/C=C/CCN2CCC(N)C(C)C2)ccc2[nH]ccc12. The van der Waals surface area contributed by atoms with Gasteiger partial charge < -0.3 is 20.9 Å². The van der Waals surface area contributed by atoms with Crippen LogP contribution in [0.25, 0.3) is 17.0 Å². The maximum absolute atomic E-state index is 9.64. The highest BCUT2D eigenvalue weighted by Gasteiger charge is 2.22. The quantitative estimate of drug-likeness (QED) is 0.550. The highest BCUT2D eigenvalue weighted by atomic mass is 15.1. The van der Waals surface area contributed by atoms with Crippen molar-refractivity contribution in [3.63, 3.8) is 0 Å². The van der Waals surface area contributed by atoms with Gasteiger partial charge in [-0.1, -0.05) is 19.1 Å². The van der Waals surface area contributed by atoms with Crippen molar-refractivity contribution in [1.82, 2.24) is 14.9 Å². The zero-order chi connectivity index (χ0) is 21.8. The summed E-state index contributed by atoms with van der Waals surface area (Å²) in [6.45, 7) is 7.47. The van der Waals surface area contributed by atoms with Gasteiger partial charge in [0.1, 0.15) is 6.07 Å². The monoisotopic (exact) mass is 414 g/mol. The first kappa shape index (κ1) is 21.1. The van der Waals surface area contributed by atoms with Crippen LogP contribution in [-0.4, -0.2) is 40.5 Å². The molecule has 2 atom stereocenters. The van der Waals surface area contributed by atoms with Crippen LogP contribution in [0, 0.1) is 24.2 Å². The Hall–Kier alpha value is -3.14. The molecule has 1 aliphatic rings. The van der Waals surface area contributed by atoms with E-state index in [0.717, 1.165) is 60.5 Å². The van der Waals surface area contributed by atoms with Gasteiger partial charge in [-0.2, -0.15) is 5.26 Å². The largest absolute Gasteiger partial charge is 0.361 e. The molecule has 0 aliphatic carbocycles. The van der Waals surface area contributed by atoms with Crippen LogP contribution in [0.15, 0.2) is 42.9 Å². The fourth-order valence-corrected chi connectivity index (χ4v) is 4.30. The molecule has 31 heavy (non-hydrogen) atoms. The van der Waals surface area contributed by atoms with Crippen molar-refractivity contribution in [3.8, 4) is 6.07 Å². The van der Waals surface area contributed by atoms with Crippen LogP contribution < -0.4 is 11.1 Å². The summed E-state index contributed by atoms with van der Waals surface area (Å²) in [5, 5.41) is 14.3. The summed E-state index contributed by atoms with van der Waals surface area (Å²) >= 11 is 0. The number of hydrogen-bond donors (Lipinski definition) is 3. The molecule has 1 fully saturated rings. The average molecular weight is 415 g/mol. The van der Waals surface area contributed by atoms with Crippen molar-refractivity contribution in [1.29, 1.82) is 5.26 Å². The number of nitrogens with one attached hydrogen (secondary N) is 2. The molecule has 4 rings (SSSR count). The standard InChI is InChI=1S/C25H30N6/c1-17-16-31(12-9-22(17)27)11-4-3-5-19-14-28-15-20(13-26)25(19)30-23-6-7-24-21(18(23)2)8-10-29-24/h3,5-8,10,14-15,17,22,29H,4,9,11-12,16,27H2,1-2H3,(H,28,30)/b5-3+. The number of H-pyrrole nitrogens is 1. The Kier molecular flexibility index (Phi) is 6.36. The molecule has 1 aromatic carbocycles. The average Bonchev–Trinajstić information content (AvgIpc) is 3.26. The minimum absolute atomic E-state index is 0.328. The summed E-state index contributed by atoms with van der Waals surface area (Å²) < 4.78 is 0. The second kappa shape index (κ2) is 9.34. The fraction of sp³-hybridized carbons (Fsp3) is 0.360. The molecule has 2 unspecified atom stereocenters. The van der Waals surface area contributed by atoms with E-state index < -0.39 is 0 Å². The molecule has 1 saturated heterocycles. The van der Waals surface area contributed by atoms with Gasteiger partial charge in [-0.25, -0.2) is 0 Å². The third-order valence-corrected chi connectivity index (χ3v) is 6.32. The van der Waals surface area contributed by atoms with Gasteiger partial charge in [0.2, 0.25) is 0 Å². The Bertz CT molecular complexity index is 1120. The normalized spacial score (nSPS) is 19.7. The first-order valence-corrected chi connectivity index (χ1v) is 10.9. The Morgan fingerprint density at radius 2 is 2.23 bits per heavy atom. The zero-order valence-electron chi connectivity index (χ0n) is 18.2. The first-order chi connectivity index (χ1) is 15.1. The van der Waals surface area contributed by atoms with Gasteiger partial charge >= 0.3 is 0 Å². The van der Waals surface area contributed by atoms with E-state index >= 15 is 0 Å². The smallest absolute Gasteiger partial charge is 0.103 e. The minimum Gasteiger partial charge on any atom is -0.361 e. The molecule has 6 nitrogen and oxygen atoms in total. The number of nitrogens with zero attached hydrogens (tertiary/aromatic N) is 3. The predicted molar refractivity (Wildman–Crippen MR) is 127 cm³/mol. The molecule has 0 radical (unpaired) electrons. The van der Waals surface area contributed by atoms with Crippen LogP contribution in [0.5, 0.6) is 0 Å². The van der Waals surface area contributed by atoms with E-state index in [1.807, 2.05) is 18.5 Å². The number of hydrogen-bond acceptors (Lipinski definition) is 5. The predicted octanol–water partition coefficient (Wildman–Crippen LogP) is 4.56. The van der Waals surface area contributed by atoms with E-state index in [9.17, 15) is 5.26 Å². The Morgan fingerprint density at radius 3 is 3.03 bits per heavy atom. The highest BCUT2D eigenvalue weighted by molar-refractivity contribution is 5.89. The molecule has 3 aromatic rings. The van der Waals surface area contributed by atoms with Crippen molar-refractivity contribution in [2.75, 3.05) is 25.0 Å². The van der Waals surface area contributed by atoms with E-state index in [2.05, 4.69) is 64.4 Å². The summed E-state index contributed by atoms with van der Waals surface area (Å²) in [5.41, 5.74) is 11.6. The van der Waals surface area contributed by atoms with Gasteiger partial charge in [-0.05, 0) is 56.0 Å². The maximum Gasteiger partial charge on any atom is 0.103 e. The van der Waals surface area contributed by atoms with E-state index in [0.29, 0.717) is 17.5 Å². The number of likely N-dealkylation sites (tertiary alicyclic amines) is 1. The van der Waals surface area contributed by atoms with Crippen molar-refractivity contribution < 1.29 is 0 Å². The lowest BCUT2D eigenvalue weighted by atomic mass is 9.95. The van der Waals surface area contributed by atoms with E-state index in [4.69, 9.17) is 5.73 Å². The summed E-state index contributed by atoms with van der Waals surface area (Å²) in [4.78, 5) is 9.99. The van der Waals surface area contributed by atoms with Crippen molar-refractivity contribution in [2.45, 2.75) is 32.7 Å². The lowest BCUT2D eigenvalue weighted by Gasteiger charge is -2.34. The number of pyridine rings is 1. The molecule has 0 bridgehead atoms. The van der Waals surface area contributed by atoms with Crippen LogP contribution in [0.1, 0.15) is 36.5 Å². The van der Waals surface area contributed by atoms with Crippen LogP contribution in [0.2, 0.25) is 0 Å². The first-order valence-electron chi connectivity index (χ1n) is 10.9. The van der Waals surface area contributed by atoms with E-state index in [1.54, 1.807) is 6.20 Å². The van der Waals surface area contributed by atoms with Crippen molar-refractivity contribution in [2.24, 2.45) is 11.7 Å². The van der Waals surface area contributed by atoms with E-state index in [-0.39, 0.29) is 0 Å². The van der Waals surface area contributed by atoms with Crippen LogP contribution >= 0.6 is 0 Å². The molecule has 0 spiro atoms. The molecule has 160 valence electrons. The zero-order valence-corrected chi connectivity index (χ0v) is 18.2. The van der Waals surface area contributed by atoms with Crippen LogP contribution in [0.4, 0.5) is 11.4 Å². The number of rotatable bonds is 6. The Balaban J connectivity index is 1.50. The highest BCUT2D eigenvalue weighted by Crippen LogP contribution is 2.30. The van der Waals surface area contributed by atoms with Gasteiger partial charge in [0.15, 0.2) is 0 Å². The molecule has 6 heteroatoms. The summed E-state index contributed by atoms with van der Waals surface area (Å²) in [6, 6.07) is 8.78. The maximum atomic E-state index is 9.64. The Labute approximate surface area is 183 Å². The number of aromatic amines is 1. The molecule has 4 N–H and O–H groups in total. The molecule has 0 amide bonds. The van der Waals surface area contributed by atoms with Gasteiger partial charge in [0.25, 0.3) is 0 Å². The van der Waals surface area contributed by atoms with Crippen molar-refractivity contribution in [3.05, 3.63) is 59.6 Å². The summed E-state index contributed by atoms with van der Waals surface area (Å²) in [7, 11) is 0. The molecule has 2 aromatic heterocycles. The van der Waals surface area contributed by atoms with Gasteiger partial charge in [0, 0.05) is 59.9 Å². The van der Waals surface area contributed by atoms with Gasteiger partial charge in [0.05, 0.1) is 11.3 Å². The molecular formula is C25H30N6. The van der Waals surface area contributed by atoms with Crippen LogP contribution in [-0.2, 0) is 0 Å². The number of nitriles is 1. The lowest BCUT2D eigenvalue weighted by molar-refractivity contribution is 0.167. The third-order valence-electron chi connectivity index (χ3n) is 6.32. The number of aryl methyl sites for hydroxylation is 1. The summed E-state index contributed by atoms with van der Waals surface area (Å²) in [6.07, 6.45) is 11.6. The number of piperidine rings is 1. The molecule has 0 saturated carbocycles. The number of benzene rings is 1. The molecular weight excluding hydrogens is 384 g/mol. The number of fused-ring (bicyclic) bond motifs is 1. The number of nitrogens with two attached hydrogens (primary N) is 1. The fourth-order valence-electron chi connectivity index (χ4n) is 4.30. The van der Waals surface area contributed by atoms with Gasteiger partial charge in [-0.15, -0.1) is 0 Å². The second-order valence-corrected chi connectivity index (χ2v) is 8.49. The molecule has 3 heterocycles. The van der Waals surface area contributed by atoms with Crippen LogP contribution in [0.3, 0.4) is 0 Å². The second-order valence-electron chi connectivity index (χ2n) is 8.49. The number of anilines is 2. The lowest BCUT2D eigenvalue weighted by Crippen LogP contribution is -2.45. The minimum atomic E-state index is 0.328. The Morgan fingerprint density at radius 1 is 1.35 bits per heavy atom. The topological polar surface area (TPSA) is 93.8 Å². The molecule has 1 aliphatic heterocycles. The third kappa shape index (κ3) is 4.63. The van der Waals surface area contributed by atoms with Crippen molar-refractivity contribution >= 4 is 28.4 Å². The summed E-state index contributed by atoms with van der Waals surface area (Å²) in [5.74, 6) is 0.547. The van der Waals surface area contributed by atoms with E-state index in [1.165, 1.54) is 5.39 Å². The van der Waals surface area contributed by atoms with Gasteiger partial charge in [-0.3, -0.25) is 4.98 Å².